The largest absolute Gasteiger partial charge is 0.490 e. The number of ether oxygens (including phenoxy) is 3. The maximum Gasteiger partial charge on any atom is 0.404 e. The lowest BCUT2D eigenvalue weighted by Gasteiger charge is -2.38. The standard InChI is InChI=1S/C18H25N3O6S/c1-20-8-9-25-16-3-2-14(10-15(16)20)28(23,24)21-6-4-18(5-7-21)11-13(12-26-18)27-17(19)22/h2-3,10,13H,4-9,11-12H2,1H3,(H2,19,22)/t13-/m1/s1. The van der Waals surface area contributed by atoms with Crippen LogP contribution in [0.3, 0.4) is 0 Å². The van der Waals surface area contributed by atoms with Gasteiger partial charge in [0.25, 0.3) is 0 Å². The van der Waals surface area contributed by atoms with Crippen LogP contribution in [0.15, 0.2) is 23.1 Å². The Morgan fingerprint density at radius 3 is 2.75 bits per heavy atom. The molecular formula is C18H25N3O6S. The van der Waals surface area contributed by atoms with Crippen molar-refractivity contribution >= 4 is 21.8 Å². The summed E-state index contributed by atoms with van der Waals surface area (Å²) in [6, 6.07) is 4.99. The summed E-state index contributed by atoms with van der Waals surface area (Å²) >= 11 is 0. The molecule has 2 N–H and O–H groups in total. The van der Waals surface area contributed by atoms with Crippen molar-refractivity contribution in [3.05, 3.63) is 18.2 Å². The SMILES string of the molecule is CN1CCOc2ccc(S(=O)(=O)N3CCC4(CC3)C[C@@H](OC(N)=O)CO4)cc21. The highest BCUT2D eigenvalue weighted by Gasteiger charge is 2.46. The normalized spacial score (nSPS) is 24.6. The van der Waals surface area contributed by atoms with Gasteiger partial charge in [-0.25, -0.2) is 13.2 Å². The molecule has 10 heteroatoms. The summed E-state index contributed by atoms with van der Waals surface area (Å²) in [4.78, 5) is 13.2. The van der Waals surface area contributed by atoms with Gasteiger partial charge in [-0.2, -0.15) is 4.31 Å². The van der Waals surface area contributed by atoms with E-state index in [9.17, 15) is 13.2 Å². The zero-order valence-corrected chi connectivity index (χ0v) is 16.6. The molecule has 0 unspecified atom stereocenters. The second-order valence-electron chi connectivity index (χ2n) is 7.56. The maximum absolute atomic E-state index is 13.1. The molecule has 3 heterocycles. The first-order valence-electron chi connectivity index (χ1n) is 9.37. The first-order valence-corrected chi connectivity index (χ1v) is 10.8. The topological polar surface area (TPSA) is 111 Å². The first kappa shape index (κ1) is 19.3. The van der Waals surface area contributed by atoms with E-state index in [0.29, 0.717) is 57.9 Å². The molecule has 4 rings (SSSR count). The molecular weight excluding hydrogens is 386 g/mol. The molecule has 2 fully saturated rings. The van der Waals surface area contributed by atoms with Crippen molar-refractivity contribution < 1.29 is 27.4 Å². The predicted octanol–water partition coefficient (Wildman–Crippen LogP) is 0.923. The number of carbonyl (C=O) groups is 1. The van der Waals surface area contributed by atoms with Gasteiger partial charge in [0.2, 0.25) is 10.0 Å². The lowest BCUT2D eigenvalue weighted by Crippen LogP contribution is -2.46. The van der Waals surface area contributed by atoms with Crippen LogP contribution in [0.4, 0.5) is 10.5 Å². The summed E-state index contributed by atoms with van der Waals surface area (Å²) in [6.07, 6.45) is 0.478. The van der Waals surface area contributed by atoms with Crippen molar-refractivity contribution in [2.45, 2.75) is 35.9 Å². The number of fused-ring (bicyclic) bond motifs is 1. The summed E-state index contributed by atoms with van der Waals surface area (Å²) in [5, 5.41) is 0. The van der Waals surface area contributed by atoms with Crippen molar-refractivity contribution in [1.82, 2.24) is 4.31 Å². The quantitative estimate of drug-likeness (QED) is 0.787. The number of benzene rings is 1. The Balaban J connectivity index is 1.46. The second kappa shape index (κ2) is 7.09. The molecule has 154 valence electrons. The highest BCUT2D eigenvalue weighted by atomic mass is 32.2. The van der Waals surface area contributed by atoms with Crippen molar-refractivity contribution in [3.63, 3.8) is 0 Å². The fourth-order valence-corrected chi connectivity index (χ4v) is 5.63. The number of carbonyl (C=O) groups excluding carboxylic acids is 1. The Labute approximate surface area is 164 Å². The van der Waals surface area contributed by atoms with Crippen LogP contribution in [0, 0.1) is 0 Å². The molecule has 0 bridgehead atoms. The number of rotatable bonds is 3. The molecule has 3 aliphatic rings. The van der Waals surface area contributed by atoms with Gasteiger partial charge in [-0.3, -0.25) is 0 Å². The molecule has 1 amide bonds. The summed E-state index contributed by atoms with van der Waals surface area (Å²) < 4.78 is 44.3. The van der Waals surface area contributed by atoms with E-state index in [1.807, 2.05) is 11.9 Å². The molecule has 1 atom stereocenters. The number of hydrogen-bond donors (Lipinski definition) is 1. The number of likely N-dealkylation sites (N-methyl/N-ethyl adjacent to an activating group) is 1. The van der Waals surface area contributed by atoms with Crippen molar-refractivity contribution in [2.75, 3.05) is 44.8 Å². The average Bonchev–Trinajstić information content (AvgIpc) is 3.03. The van der Waals surface area contributed by atoms with Crippen LogP contribution < -0.4 is 15.4 Å². The minimum absolute atomic E-state index is 0.266. The number of hydrogen-bond acceptors (Lipinski definition) is 7. The van der Waals surface area contributed by atoms with E-state index >= 15 is 0 Å². The molecule has 3 aliphatic heterocycles. The lowest BCUT2D eigenvalue weighted by atomic mass is 9.89. The highest BCUT2D eigenvalue weighted by molar-refractivity contribution is 7.89. The molecule has 2 saturated heterocycles. The summed E-state index contributed by atoms with van der Waals surface area (Å²) in [5.74, 6) is 0.699. The van der Waals surface area contributed by atoms with Gasteiger partial charge in [-0.1, -0.05) is 0 Å². The maximum atomic E-state index is 13.1. The summed E-state index contributed by atoms with van der Waals surface area (Å²) in [5.41, 5.74) is 5.41. The predicted molar refractivity (Wildman–Crippen MR) is 101 cm³/mol. The van der Waals surface area contributed by atoms with Crippen LogP contribution in [0.1, 0.15) is 19.3 Å². The smallest absolute Gasteiger partial charge is 0.404 e. The van der Waals surface area contributed by atoms with Crippen LogP contribution in [0.5, 0.6) is 5.75 Å². The number of nitrogens with two attached hydrogens (primary N) is 1. The molecule has 0 aromatic heterocycles. The summed E-state index contributed by atoms with van der Waals surface area (Å²) in [7, 11) is -1.69. The third-order valence-electron chi connectivity index (χ3n) is 5.76. The van der Waals surface area contributed by atoms with E-state index < -0.39 is 21.7 Å². The fraction of sp³-hybridized carbons (Fsp3) is 0.611. The Kier molecular flexibility index (Phi) is 4.88. The second-order valence-corrected chi connectivity index (χ2v) is 9.50. The Morgan fingerprint density at radius 2 is 2.04 bits per heavy atom. The van der Waals surface area contributed by atoms with E-state index in [1.165, 1.54) is 4.31 Å². The monoisotopic (exact) mass is 411 g/mol. The van der Waals surface area contributed by atoms with E-state index in [0.717, 1.165) is 5.69 Å². The zero-order valence-electron chi connectivity index (χ0n) is 15.8. The van der Waals surface area contributed by atoms with Crippen LogP contribution in [0.2, 0.25) is 0 Å². The number of anilines is 1. The van der Waals surface area contributed by atoms with Gasteiger partial charge in [-0.05, 0) is 31.0 Å². The third-order valence-corrected chi connectivity index (χ3v) is 7.65. The average molecular weight is 411 g/mol. The lowest BCUT2D eigenvalue weighted by molar-refractivity contribution is -0.0324. The van der Waals surface area contributed by atoms with E-state index in [-0.39, 0.29) is 11.0 Å². The van der Waals surface area contributed by atoms with Crippen molar-refractivity contribution in [3.8, 4) is 5.75 Å². The molecule has 0 aliphatic carbocycles. The van der Waals surface area contributed by atoms with Gasteiger partial charge >= 0.3 is 6.09 Å². The third kappa shape index (κ3) is 3.51. The number of primary amides is 1. The minimum atomic E-state index is -3.61. The van der Waals surface area contributed by atoms with Crippen LogP contribution >= 0.6 is 0 Å². The molecule has 28 heavy (non-hydrogen) atoms. The molecule has 0 radical (unpaired) electrons. The number of amides is 1. The molecule has 9 nitrogen and oxygen atoms in total. The van der Waals surface area contributed by atoms with Gasteiger partial charge in [-0.15, -0.1) is 0 Å². The van der Waals surface area contributed by atoms with Crippen molar-refractivity contribution in [2.24, 2.45) is 5.73 Å². The number of piperidine rings is 1. The van der Waals surface area contributed by atoms with Crippen LogP contribution in [0.25, 0.3) is 0 Å². The fourth-order valence-electron chi connectivity index (χ4n) is 4.17. The van der Waals surface area contributed by atoms with Gasteiger partial charge in [0.1, 0.15) is 18.5 Å². The van der Waals surface area contributed by atoms with Crippen LogP contribution in [-0.4, -0.2) is 70.4 Å². The molecule has 1 aromatic carbocycles. The highest BCUT2D eigenvalue weighted by Crippen LogP contribution is 2.39. The van der Waals surface area contributed by atoms with Gasteiger partial charge in [0.05, 0.1) is 29.3 Å². The number of sulfonamides is 1. The minimum Gasteiger partial charge on any atom is -0.490 e. The van der Waals surface area contributed by atoms with Gasteiger partial charge in [0, 0.05) is 26.6 Å². The Hall–Kier alpha value is -2.04. The molecule has 1 spiro atoms. The zero-order chi connectivity index (χ0) is 19.9. The van der Waals surface area contributed by atoms with Gasteiger partial charge in [0.15, 0.2) is 0 Å². The van der Waals surface area contributed by atoms with E-state index in [1.54, 1.807) is 18.2 Å². The van der Waals surface area contributed by atoms with E-state index in [2.05, 4.69) is 0 Å². The van der Waals surface area contributed by atoms with Crippen LogP contribution in [-0.2, 0) is 19.5 Å². The Bertz CT molecular complexity index is 866. The number of nitrogens with zero attached hydrogens (tertiary/aromatic N) is 2. The Morgan fingerprint density at radius 1 is 1.29 bits per heavy atom. The molecule has 1 aromatic rings. The van der Waals surface area contributed by atoms with Crippen molar-refractivity contribution in [1.29, 1.82) is 0 Å². The molecule has 0 saturated carbocycles. The van der Waals surface area contributed by atoms with Gasteiger partial charge < -0.3 is 24.8 Å². The first-order chi connectivity index (χ1) is 13.3. The summed E-state index contributed by atoms with van der Waals surface area (Å²) in [6.45, 7) is 2.32. The van der Waals surface area contributed by atoms with E-state index in [4.69, 9.17) is 19.9 Å².